The first-order valence-corrected chi connectivity index (χ1v) is 10.0. The van der Waals surface area contributed by atoms with Gasteiger partial charge >= 0.3 is 12.0 Å². The molecule has 2 rings (SSSR count). The summed E-state index contributed by atoms with van der Waals surface area (Å²) < 4.78 is 5.00. The number of rotatable bonds is 7. The van der Waals surface area contributed by atoms with Crippen molar-refractivity contribution in [3.8, 4) is 12.3 Å². The van der Waals surface area contributed by atoms with Crippen molar-refractivity contribution in [3.63, 3.8) is 0 Å². The number of amides is 3. The van der Waals surface area contributed by atoms with Crippen LogP contribution in [0.3, 0.4) is 0 Å². The lowest BCUT2D eigenvalue weighted by Crippen LogP contribution is -2.46. The molecule has 1 aromatic rings. The summed E-state index contributed by atoms with van der Waals surface area (Å²) in [5, 5.41) is 5.56. The van der Waals surface area contributed by atoms with E-state index < -0.39 is 5.97 Å². The van der Waals surface area contributed by atoms with Crippen molar-refractivity contribution >= 4 is 23.6 Å². The predicted molar refractivity (Wildman–Crippen MR) is 111 cm³/mol. The molecule has 0 aromatic heterocycles. The SMILES string of the molecule is C#CCNC(=O)C[C@@H]1CCN(C(=O)Nc2cccc(C(=O)OCC)c2)C[C@@H]1CC. The van der Waals surface area contributed by atoms with Crippen LogP contribution in [-0.2, 0) is 9.53 Å². The Morgan fingerprint density at radius 1 is 1.28 bits per heavy atom. The summed E-state index contributed by atoms with van der Waals surface area (Å²) in [5.74, 6) is 2.42. The molecule has 0 spiro atoms. The molecular weight excluding hydrogens is 370 g/mol. The van der Waals surface area contributed by atoms with E-state index in [1.165, 1.54) is 0 Å². The standard InChI is InChI=1S/C22H29N3O4/c1-4-11-23-20(26)14-17-10-12-25(15-16(17)5-2)22(28)24-19-9-7-8-18(13-19)21(27)29-6-3/h1,7-9,13,16-17H,5-6,10-12,14-15H2,2-3H3,(H,23,26)(H,24,28)/t16-,17-/m0/s1. The number of piperidine rings is 1. The van der Waals surface area contributed by atoms with Crippen molar-refractivity contribution in [1.82, 2.24) is 10.2 Å². The van der Waals surface area contributed by atoms with Gasteiger partial charge in [0, 0.05) is 25.2 Å². The molecule has 3 amide bonds. The third kappa shape index (κ3) is 6.53. The van der Waals surface area contributed by atoms with Gasteiger partial charge in [-0.3, -0.25) is 4.79 Å². The second-order valence-electron chi connectivity index (χ2n) is 7.08. The van der Waals surface area contributed by atoms with Crippen LogP contribution in [0.1, 0.15) is 43.5 Å². The molecule has 1 aliphatic rings. The number of urea groups is 1. The number of terminal acetylenes is 1. The van der Waals surface area contributed by atoms with Gasteiger partial charge in [-0.05, 0) is 43.4 Å². The smallest absolute Gasteiger partial charge is 0.338 e. The number of hydrogen-bond acceptors (Lipinski definition) is 4. The Hall–Kier alpha value is -3.01. The molecule has 1 aromatic carbocycles. The van der Waals surface area contributed by atoms with E-state index in [2.05, 4.69) is 23.5 Å². The van der Waals surface area contributed by atoms with Gasteiger partial charge in [0.25, 0.3) is 0 Å². The second kappa shape index (κ2) is 11.1. The summed E-state index contributed by atoms with van der Waals surface area (Å²) >= 11 is 0. The highest BCUT2D eigenvalue weighted by Gasteiger charge is 2.31. The van der Waals surface area contributed by atoms with Crippen LogP contribution in [0.15, 0.2) is 24.3 Å². The van der Waals surface area contributed by atoms with Gasteiger partial charge in [-0.25, -0.2) is 9.59 Å². The average Bonchev–Trinajstić information content (AvgIpc) is 2.72. The monoisotopic (exact) mass is 399 g/mol. The maximum absolute atomic E-state index is 12.7. The van der Waals surface area contributed by atoms with Crippen molar-refractivity contribution in [2.45, 2.75) is 33.1 Å². The number of carbonyl (C=O) groups is 3. The second-order valence-corrected chi connectivity index (χ2v) is 7.08. The zero-order chi connectivity index (χ0) is 21.2. The van der Waals surface area contributed by atoms with E-state index in [0.29, 0.717) is 37.4 Å². The van der Waals surface area contributed by atoms with E-state index in [9.17, 15) is 14.4 Å². The highest BCUT2D eigenvalue weighted by Crippen LogP contribution is 2.29. The van der Waals surface area contributed by atoms with Gasteiger partial charge in [0.2, 0.25) is 5.91 Å². The number of hydrogen-bond donors (Lipinski definition) is 2. The van der Waals surface area contributed by atoms with Gasteiger partial charge in [-0.2, -0.15) is 0 Å². The molecule has 1 fully saturated rings. The molecule has 0 bridgehead atoms. The highest BCUT2D eigenvalue weighted by molar-refractivity contribution is 5.94. The Labute approximate surface area is 172 Å². The van der Waals surface area contributed by atoms with E-state index in [1.54, 1.807) is 36.1 Å². The summed E-state index contributed by atoms with van der Waals surface area (Å²) in [5.41, 5.74) is 0.942. The number of anilines is 1. The van der Waals surface area contributed by atoms with Crippen LogP contribution < -0.4 is 10.6 Å². The van der Waals surface area contributed by atoms with E-state index in [4.69, 9.17) is 11.2 Å². The van der Waals surface area contributed by atoms with Gasteiger partial charge in [0.1, 0.15) is 0 Å². The summed E-state index contributed by atoms with van der Waals surface area (Å²) in [6, 6.07) is 6.49. The lowest BCUT2D eigenvalue weighted by molar-refractivity contribution is -0.122. The molecule has 0 unspecified atom stereocenters. The summed E-state index contributed by atoms with van der Waals surface area (Å²) in [4.78, 5) is 38.3. The highest BCUT2D eigenvalue weighted by atomic mass is 16.5. The normalized spacial score (nSPS) is 18.4. The summed E-state index contributed by atoms with van der Waals surface area (Å²) in [7, 11) is 0. The zero-order valence-corrected chi connectivity index (χ0v) is 17.1. The number of esters is 1. The van der Waals surface area contributed by atoms with Gasteiger partial charge in [-0.1, -0.05) is 25.3 Å². The first-order chi connectivity index (χ1) is 14.0. The van der Waals surface area contributed by atoms with Gasteiger partial charge < -0.3 is 20.3 Å². The van der Waals surface area contributed by atoms with Crippen molar-refractivity contribution in [3.05, 3.63) is 29.8 Å². The fourth-order valence-electron chi connectivity index (χ4n) is 3.60. The molecule has 156 valence electrons. The van der Waals surface area contributed by atoms with Gasteiger partial charge in [-0.15, -0.1) is 6.42 Å². The van der Waals surface area contributed by atoms with E-state index in [1.807, 2.05) is 0 Å². The molecule has 0 aliphatic carbocycles. The number of carbonyl (C=O) groups excluding carboxylic acids is 3. The van der Waals surface area contributed by atoms with Crippen molar-refractivity contribution in [2.24, 2.45) is 11.8 Å². The van der Waals surface area contributed by atoms with Crippen LogP contribution in [0.5, 0.6) is 0 Å². The fraction of sp³-hybridized carbons (Fsp3) is 0.500. The minimum Gasteiger partial charge on any atom is -0.462 e. The van der Waals surface area contributed by atoms with E-state index in [-0.39, 0.29) is 30.3 Å². The largest absolute Gasteiger partial charge is 0.462 e. The van der Waals surface area contributed by atoms with Crippen LogP contribution in [0.25, 0.3) is 0 Å². The lowest BCUT2D eigenvalue weighted by Gasteiger charge is -2.38. The first kappa shape index (κ1) is 22.3. The Kier molecular flexibility index (Phi) is 8.53. The molecule has 1 saturated heterocycles. The quantitative estimate of drug-likeness (QED) is 0.545. The fourth-order valence-corrected chi connectivity index (χ4v) is 3.60. The van der Waals surface area contributed by atoms with Crippen LogP contribution in [0, 0.1) is 24.2 Å². The van der Waals surface area contributed by atoms with Crippen LogP contribution in [0.2, 0.25) is 0 Å². The molecule has 0 saturated carbocycles. The van der Waals surface area contributed by atoms with Crippen molar-refractivity contribution < 1.29 is 19.1 Å². The van der Waals surface area contributed by atoms with E-state index in [0.717, 1.165) is 12.8 Å². The minimum atomic E-state index is -0.418. The van der Waals surface area contributed by atoms with Gasteiger partial charge in [0.05, 0.1) is 18.7 Å². The van der Waals surface area contributed by atoms with Crippen LogP contribution in [0.4, 0.5) is 10.5 Å². The third-order valence-corrected chi connectivity index (χ3v) is 5.16. The molecule has 29 heavy (non-hydrogen) atoms. The van der Waals surface area contributed by atoms with Crippen LogP contribution >= 0.6 is 0 Å². The Morgan fingerprint density at radius 3 is 2.76 bits per heavy atom. The third-order valence-electron chi connectivity index (χ3n) is 5.16. The van der Waals surface area contributed by atoms with E-state index >= 15 is 0 Å². The topological polar surface area (TPSA) is 87.7 Å². The van der Waals surface area contributed by atoms with Crippen LogP contribution in [-0.4, -0.2) is 49.0 Å². The molecule has 7 heteroatoms. The number of nitrogens with one attached hydrogen (secondary N) is 2. The number of benzene rings is 1. The lowest BCUT2D eigenvalue weighted by atomic mass is 9.81. The van der Waals surface area contributed by atoms with Gasteiger partial charge in [0.15, 0.2) is 0 Å². The molecule has 1 heterocycles. The van der Waals surface area contributed by atoms with Crippen molar-refractivity contribution in [1.29, 1.82) is 0 Å². The Balaban J connectivity index is 1.94. The maximum atomic E-state index is 12.7. The number of likely N-dealkylation sites (tertiary alicyclic amines) is 1. The maximum Gasteiger partial charge on any atom is 0.338 e. The molecule has 0 radical (unpaired) electrons. The average molecular weight is 399 g/mol. The van der Waals surface area contributed by atoms with Crippen molar-refractivity contribution in [2.75, 3.05) is 31.6 Å². The number of ether oxygens (including phenoxy) is 1. The zero-order valence-electron chi connectivity index (χ0n) is 17.1. The number of nitrogens with zero attached hydrogens (tertiary/aromatic N) is 1. The molecular formula is C22H29N3O4. The predicted octanol–water partition coefficient (Wildman–Crippen LogP) is 2.88. The molecule has 7 nitrogen and oxygen atoms in total. The molecule has 2 atom stereocenters. The minimum absolute atomic E-state index is 0.0416. The Morgan fingerprint density at radius 2 is 2.07 bits per heavy atom. The Bertz CT molecular complexity index is 772. The molecule has 1 aliphatic heterocycles. The summed E-state index contributed by atoms with van der Waals surface area (Å²) in [6.07, 6.45) is 7.25. The first-order valence-electron chi connectivity index (χ1n) is 10.0. The molecule has 2 N–H and O–H groups in total. The summed E-state index contributed by atoms with van der Waals surface area (Å²) in [6.45, 7) is 5.52.